The van der Waals surface area contributed by atoms with E-state index in [1.54, 1.807) is 29.3 Å². The Labute approximate surface area is 265 Å². The van der Waals surface area contributed by atoms with Gasteiger partial charge in [0.25, 0.3) is 0 Å². The fourth-order valence-corrected chi connectivity index (χ4v) is 6.14. The number of nitrogens with one attached hydrogen (secondary N) is 1. The van der Waals surface area contributed by atoms with Crippen LogP contribution in [0.1, 0.15) is 51.8 Å². The maximum atomic E-state index is 15.5. The van der Waals surface area contributed by atoms with Crippen LogP contribution in [0.25, 0.3) is 28.0 Å². The first-order chi connectivity index (χ1) is 21.3. The van der Waals surface area contributed by atoms with E-state index < -0.39 is 17.4 Å². The van der Waals surface area contributed by atoms with Crippen LogP contribution in [0.2, 0.25) is 5.02 Å². The molecule has 1 aromatic carbocycles. The van der Waals surface area contributed by atoms with Crippen molar-refractivity contribution in [2.45, 2.75) is 59.5 Å². The summed E-state index contributed by atoms with van der Waals surface area (Å²) in [5.41, 5.74) is 1.78. The summed E-state index contributed by atoms with van der Waals surface area (Å²) >= 11 is 6.88. The van der Waals surface area contributed by atoms with Crippen molar-refractivity contribution < 1.29 is 14.0 Å². The monoisotopic (exact) mass is 631 g/mol. The van der Waals surface area contributed by atoms with Gasteiger partial charge in [-0.3, -0.25) is 14.6 Å². The molecule has 3 aromatic heterocycles. The highest BCUT2D eigenvalue weighted by molar-refractivity contribution is 6.34. The molecule has 4 aromatic rings. The van der Waals surface area contributed by atoms with E-state index in [4.69, 9.17) is 16.6 Å². The van der Waals surface area contributed by atoms with Gasteiger partial charge in [0, 0.05) is 38.3 Å². The quantitative estimate of drug-likeness (QED) is 0.274. The van der Waals surface area contributed by atoms with Crippen LogP contribution in [0.4, 0.5) is 15.9 Å². The predicted molar refractivity (Wildman–Crippen MR) is 175 cm³/mol. The van der Waals surface area contributed by atoms with Crippen molar-refractivity contribution in [3.8, 4) is 16.9 Å². The molecule has 1 aliphatic heterocycles. The Morgan fingerprint density at radius 2 is 1.89 bits per heavy atom. The highest BCUT2D eigenvalue weighted by atomic mass is 35.5. The Morgan fingerprint density at radius 1 is 1.16 bits per heavy atom. The van der Waals surface area contributed by atoms with Crippen molar-refractivity contribution in [1.29, 1.82) is 0 Å². The van der Waals surface area contributed by atoms with Crippen molar-refractivity contribution in [2.24, 2.45) is 0 Å². The fourth-order valence-electron chi connectivity index (χ4n) is 5.89. The number of hydrogen-bond acceptors (Lipinski definition) is 7. The van der Waals surface area contributed by atoms with Gasteiger partial charge in [-0.05, 0) is 62.6 Å². The van der Waals surface area contributed by atoms with Crippen LogP contribution in [0.3, 0.4) is 0 Å². The minimum atomic E-state index is -0.649. The summed E-state index contributed by atoms with van der Waals surface area (Å²) in [5.74, 6) is -0.927. The lowest BCUT2D eigenvalue weighted by molar-refractivity contribution is -0.128. The van der Waals surface area contributed by atoms with E-state index in [9.17, 15) is 14.4 Å². The number of benzene rings is 1. The fraction of sp³-hybridized carbons (Fsp3) is 0.333. The number of carbonyl (C=O) groups excluding carboxylic acids is 2. The lowest BCUT2D eigenvalue weighted by Gasteiger charge is -2.44. The molecule has 0 aliphatic carbocycles. The molecule has 4 heterocycles. The molecule has 10 nitrogen and oxygen atoms in total. The number of aryl methyl sites for hydroxylation is 1. The highest BCUT2D eigenvalue weighted by Crippen LogP contribution is 2.39. The minimum Gasteiger partial charge on any atom is -0.349 e. The molecule has 2 amide bonds. The molecular formula is C33H35ClFN7O3. The number of fused-ring (bicyclic) bond motifs is 1. The molecular weight excluding hydrogens is 597 g/mol. The second-order valence-electron chi connectivity index (χ2n) is 11.6. The van der Waals surface area contributed by atoms with Gasteiger partial charge in [-0.25, -0.2) is 18.7 Å². The Morgan fingerprint density at radius 3 is 2.56 bits per heavy atom. The van der Waals surface area contributed by atoms with Crippen molar-refractivity contribution in [1.82, 2.24) is 24.4 Å². The third-order valence-electron chi connectivity index (χ3n) is 8.00. The average molecular weight is 632 g/mol. The Hall–Kier alpha value is -4.64. The number of anilines is 2. The van der Waals surface area contributed by atoms with Gasteiger partial charge in [0.05, 0.1) is 38.7 Å². The van der Waals surface area contributed by atoms with Crippen molar-refractivity contribution >= 4 is 46.0 Å². The molecule has 12 heteroatoms. The molecule has 2 atom stereocenters. The van der Waals surface area contributed by atoms with E-state index >= 15 is 4.39 Å². The number of pyridine rings is 2. The van der Waals surface area contributed by atoms with E-state index in [-0.39, 0.29) is 51.5 Å². The third kappa shape index (κ3) is 5.80. The normalized spacial score (nSPS) is 16.7. The van der Waals surface area contributed by atoms with Gasteiger partial charge in [0.1, 0.15) is 11.6 Å². The first kappa shape index (κ1) is 31.8. The van der Waals surface area contributed by atoms with Gasteiger partial charge in [0.2, 0.25) is 11.8 Å². The minimum absolute atomic E-state index is 0.0116. The van der Waals surface area contributed by atoms with Crippen molar-refractivity contribution in [2.75, 3.05) is 23.3 Å². The number of carbonyl (C=O) groups is 2. The number of amides is 2. The second-order valence-corrected chi connectivity index (χ2v) is 12.1. The maximum absolute atomic E-state index is 15.5. The molecule has 1 saturated heterocycles. The van der Waals surface area contributed by atoms with Crippen LogP contribution >= 0.6 is 11.6 Å². The van der Waals surface area contributed by atoms with Crippen LogP contribution in [0.15, 0.2) is 54.0 Å². The number of piperazine rings is 1. The molecule has 0 spiro atoms. The van der Waals surface area contributed by atoms with Gasteiger partial charge in [-0.2, -0.15) is 4.98 Å². The predicted octanol–water partition coefficient (Wildman–Crippen LogP) is 5.64. The van der Waals surface area contributed by atoms with E-state index in [1.165, 1.54) is 29.7 Å². The summed E-state index contributed by atoms with van der Waals surface area (Å²) in [6.45, 7) is 15.4. The Balaban J connectivity index is 1.85. The summed E-state index contributed by atoms with van der Waals surface area (Å²) in [6, 6.07) is 7.28. The van der Waals surface area contributed by atoms with Gasteiger partial charge < -0.3 is 15.1 Å². The molecule has 5 rings (SSSR count). The Bertz CT molecular complexity index is 1910. The third-order valence-corrected chi connectivity index (χ3v) is 8.29. The summed E-state index contributed by atoms with van der Waals surface area (Å²) in [4.78, 5) is 56.4. The Kier molecular flexibility index (Phi) is 8.75. The summed E-state index contributed by atoms with van der Waals surface area (Å²) in [7, 11) is 0. The largest absolute Gasteiger partial charge is 0.355 e. The summed E-state index contributed by atoms with van der Waals surface area (Å²) in [5, 5.41) is 3.21. The van der Waals surface area contributed by atoms with E-state index in [0.29, 0.717) is 35.7 Å². The number of rotatable bonds is 6. The SMILES string of the molecule is C=CC(=O)N1C[C@H](C)N(c2nc(=O)n(-c3c(C)ccnc3C(C)C)c3nc(-c4c(F)cccc4NC(C)=O)c(Cl)cc23)C[C@H]1C. The molecule has 0 bridgehead atoms. The van der Waals surface area contributed by atoms with Gasteiger partial charge >= 0.3 is 5.69 Å². The topological polar surface area (TPSA) is 113 Å². The maximum Gasteiger partial charge on any atom is 0.355 e. The molecule has 0 radical (unpaired) electrons. The van der Waals surface area contributed by atoms with Crippen LogP contribution in [0.5, 0.6) is 0 Å². The zero-order valence-electron chi connectivity index (χ0n) is 26.1. The lowest BCUT2D eigenvalue weighted by atomic mass is 10.0. The molecule has 1 fully saturated rings. The number of nitrogens with zero attached hydrogens (tertiary/aromatic N) is 6. The van der Waals surface area contributed by atoms with E-state index in [1.807, 2.05) is 39.5 Å². The molecule has 0 unspecified atom stereocenters. The summed E-state index contributed by atoms with van der Waals surface area (Å²) in [6.07, 6.45) is 2.98. The van der Waals surface area contributed by atoms with Gasteiger partial charge in [-0.1, -0.05) is 38.1 Å². The van der Waals surface area contributed by atoms with Crippen LogP contribution in [-0.2, 0) is 9.59 Å². The zero-order chi connectivity index (χ0) is 32.7. The molecule has 1 N–H and O–H groups in total. The second kappa shape index (κ2) is 12.4. The van der Waals surface area contributed by atoms with Gasteiger partial charge in [0.15, 0.2) is 5.65 Å². The molecule has 234 valence electrons. The van der Waals surface area contributed by atoms with E-state index in [2.05, 4.69) is 21.9 Å². The highest BCUT2D eigenvalue weighted by Gasteiger charge is 2.34. The molecule has 0 saturated carbocycles. The first-order valence-electron chi connectivity index (χ1n) is 14.7. The molecule has 45 heavy (non-hydrogen) atoms. The first-order valence-corrected chi connectivity index (χ1v) is 15.1. The van der Waals surface area contributed by atoms with Gasteiger partial charge in [-0.15, -0.1) is 0 Å². The van der Waals surface area contributed by atoms with Crippen LogP contribution in [0, 0.1) is 12.7 Å². The zero-order valence-corrected chi connectivity index (χ0v) is 26.8. The number of halogens is 2. The lowest BCUT2D eigenvalue weighted by Crippen LogP contribution is -2.58. The summed E-state index contributed by atoms with van der Waals surface area (Å²) < 4.78 is 16.9. The van der Waals surface area contributed by atoms with E-state index in [0.717, 1.165) is 5.56 Å². The standard InChI is InChI=1S/C33H35ClFN7O3/c1-8-26(44)40-15-20(6)41(16-19(40)5)31-22-14-23(34)29(27-24(35)10-9-11-25(27)37-21(7)43)38-32(22)42(33(45)39-31)30-18(4)12-13-36-28(30)17(2)3/h8-14,17,19-20H,1,15-16H2,2-7H3,(H,37,43)/t19-,20+/m1/s1. The number of aromatic nitrogens is 4. The number of hydrogen-bond donors (Lipinski definition) is 1. The van der Waals surface area contributed by atoms with Crippen molar-refractivity contribution in [3.63, 3.8) is 0 Å². The molecule has 1 aliphatic rings. The smallest absolute Gasteiger partial charge is 0.349 e. The van der Waals surface area contributed by atoms with Crippen molar-refractivity contribution in [3.05, 3.63) is 81.8 Å². The van der Waals surface area contributed by atoms with Crippen LogP contribution in [-0.4, -0.2) is 61.4 Å². The average Bonchev–Trinajstić information content (AvgIpc) is 2.97. The van der Waals surface area contributed by atoms with Crippen LogP contribution < -0.4 is 15.9 Å².